The molecule has 0 atom stereocenters. The van der Waals surface area contributed by atoms with Crippen molar-refractivity contribution < 1.29 is 4.42 Å². The summed E-state index contributed by atoms with van der Waals surface area (Å²) < 4.78 is 5.68. The Kier molecular flexibility index (Phi) is 5.68. The highest BCUT2D eigenvalue weighted by Crippen LogP contribution is 2.24. The van der Waals surface area contributed by atoms with Crippen LogP contribution in [0, 0.1) is 0 Å². The number of pyridine rings is 1. The van der Waals surface area contributed by atoms with Gasteiger partial charge in [0.2, 0.25) is 5.95 Å². The van der Waals surface area contributed by atoms with Gasteiger partial charge in [0, 0.05) is 56.2 Å². The third kappa shape index (κ3) is 4.27. The van der Waals surface area contributed by atoms with Crippen molar-refractivity contribution in [3.05, 3.63) is 54.7 Å². The van der Waals surface area contributed by atoms with Crippen LogP contribution in [-0.4, -0.2) is 57.6 Å². The summed E-state index contributed by atoms with van der Waals surface area (Å²) in [5.41, 5.74) is 4.26. The fraction of sp³-hybridized carbons (Fsp3) is 0.333. The molecule has 0 saturated carbocycles. The van der Waals surface area contributed by atoms with Crippen molar-refractivity contribution in [1.82, 2.24) is 24.8 Å². The molecule has 1 aliphatic rings. The number of oxazole rings is 1. The maximum atomic E-state index is 5.68. The van der Waals surface area contributed by atoms with E-state index in [1.807, 2.05) is 37.4 Å². The summed E-state index contributed by atoms with van der Waals surface area (Å²) in [4.78, 5) is 23.0. The van der Waals surface area contributed by atoms with Crippen LogP contribution in [-0.2, 0) is 6.42 Å². The van der Waals surface area contributed by atoms with E-state index in [1.165, 1.54) is 0 Å². The molecule has 1 fully saturated rings. The van der Waals surface area contributed by atoms with Gasteiger partial charge in [0.15, 0.2) is 11.5 Å². The summed E-state index contributed by atoms with van der Waals surface area (Å²) in [6.45, 7) is 9.53. The van der Waals surface area contributed by atoms with Gasteiger partial charge in [-0.25, -0.2) is 19.9 Å². The standard InChI is InChI=1S/C24H27N7O/c1-3-23-28-20-15-18(6-7-21(20)32-23)27-24-25-10-9-19(29-24)17-5-8-22(26-16-17)31-13-11-30(4-2)12-14-31/h5-10,15-16H,3-4,11-14H2,1-2H3,(H,25,27,29). The molecule has 0 unspecified atom stereocenters. The molecule has 4 heterocycles. The third-order valence-electron chi connectivity index (χ3n) is 5.83. The number of piperazine rings is 1. The van der Waals surface area contributed by atoms with Gasteiger partial charge < -0.3 is 19.5 Å². The van der Waals surface area contributed by atoms with Crippen molar-refractivity contribution in [2.45, 2.75) is 20.3 Å². The molecular formula is C24H27N7O. The molecule has 8 heteroatoms. The Morgan fingerprint density at radius 1 is 0.969 bits per heavy atom. The molecule has 4 aromatic rings. The van der Waals surface area contributed by atoms with Gasteiger partial charge in [0.25, 0.3) is 0 Å². The summed E-state index contributed by atoms with van der Waals surface area (Å²) in [6.07, 6.45) is 4.41. The van der Waals surface area contributed by atoms with Crippen LogP contribution in [0.5, 0.6) is 0 Å². The van der Waals surface area contributed by atoms with Gasteiger partial charge in [-0.15, -0.1) is 0 Å². The summed E-state index contributed by atoms with van der Waals surface area (Å²) in [5, 5.41) is 3.27. The first-order valence-corrected chi connectivity index (χ1v) is 11.1. The van der Waals surface area contributed by atoms with Gasteiger partial charge >= 0.3 is 0 Å². The minimum Gasteiger partial charge on any atom is -0.441 e. The summed E-state index contributed by atoms with van der Waals surface area (Å²) in [5.74, 6) is 2.28. The molecule has 0 amide bonds. The Balaban J connectivity index is 1.30. The first-order chi connectivity index (χ1) is 15.7. The summed E-state index contributed by atoms with van der Waals surface area (Å²) in [6, 6.07) is 11.9. The molecule has 32 heavy (non-hydrogen) atoms. The Bertz CT molecular complexity index is 1200. The molecule has 1 aliphatic heterocycles. The van der Waals surface area contributed by atoms with Gasteiger partial charge in [-0.1, -0.05) is 13.8 Å². The monoisotopic (exact) mass is 429 g/mol. The molecule has 5 rings (SSSR count). The van der Waals surface area contributed by atoms with Crippen LogP contribution in [0.25, 0.3) is 22.4 Å². The van der Waals surface area contributed by atoms with E-state index >= 15 is 0 Å². The molecule has 3 aromatic heterocycles. The molecule has 1 saturated heterocycles. The molecular weight excluding hydrogens is 402 g/mol. The molecule has 0 radical (unpaired) electrons. The van der Waals surface area contributed by atoms with E-state index < -0.39 is 0 Å². The predicted octanol–water partition coefficient (Wildman–Crippen LogP) is 4.13. The number of nitrogens with zero attached hydrogens (tertiary/aromatic N) is 6. The fourth-order valence-corrected chi connectivity index (χ4v) is 3.93. The van der Waals surface area contributed by atoms with E-state index in [9.17, 15) is 0 Å². The molecule has 0 bridgehead atoms. The number of hydrogen-bond acceptors (Lipinski definition) is 8. The van der Waals surface area contributed by atoms with Crippen molar-refractivity contribution in [2.24, 2.45) is 0 Å². The number of benzene rings is 1. The number of hydrogen-bond donors (Lipinski definition) is 1. The van der Waals surface area contributed by atoms with E-state index in [4.69, 9.17) is 9.40 Å². The second kappa shape index (κ2) is 8.92. The van der Waals surface area contributed by atoms with E-state index in [0.717, 1.165) is 78.9 Å². The SMILES string of the molecule is CCc1nc2cc(Nc3nccc(-c4ccc(N5CCN(CC)CC5)nc4)n3)ccc2o1. The Morgan fingerprint density at radius 3 is 2.59 bits per heavy atom. The zero-order valence-electron chi connectivity index (χ0n) is 18.5. The van der Waals surface area contributed by atoms with Crippen molar-refractivity contribution in [1.29, 1.82) is 0 Å². The molecule has 8 nitrogen and oxygen atoms in total. The second-order valence-corrected chi connectivity index (χ2v) is 7.86. The molecule has 1 N–H and O–H groups in total. The maximum absolute atomic E-state index is 5.68. The minimum absolute atomic E-state index is 0.529. The number of aromatic nitrogens is 4. The lowest BCUT2D eigenvalue weighted by Gasteiger charge is -2.34. The lowest BCUT2D eigenvalue weighted by Crippen LogP contribution is -2.46. The Hall–Kier alpha value is -3.52. The average molecular weight is 430 g/mol. The average Bonchev–Trinajstić information content (AvgIpc) is 3.27. The zero-order chi connectivity index (χ0) is 21.9. The number of likely N-dealkylation sites (N-methyl/N-ethyl adjacent to an activating group) is 1. The Morgan fingerprint density at radius 2 is 1.84 bits per heavy atom. The number of aryl methyl sites for hydroxylation is 1. The van der Waals surface area contributed by atoms with E-state index in [2.05, 4.69) is 49.1 Å². The predicted molar refractivity (Wildman–Crippen MR) is 126 cm³/mol. The fourth-order valence-electron chi connectivity index (χ4n) is 3.93. The number of nitrogens with one attached hydrogen (secondary N) is 1. The Labute approximate surface area is 187 Å². The first-order valence-electron chi connectivity index (χ1n) is 11.1. The van der Waals surface area contributed by atoms with E-state index in [1.54, 1.807) is 6.20 Å². The van der Waals surface area contributed by atoms with Gasteiger partial charge in [-0.2, -0.15) is 0 Å². The highest BCUT2D eigenvalue weighted by atomic mass is 16.3. The normalized spacial score (nSPS) is 14.8. The lowest BCUT2D eigenvalue weighted by molar-refractivity contribution is 0.270. The topological polar surface area (TPSA) is 83.2 Å². The van der Waals surface area contributed by atoms with Crippen LogP contribution >= 0.6 is 0 Å². The molecule has 164 valence electrons. The van der Waals surface area contributed by atoms with Crippen LogP contribution in [0.1, 0.15) is 19.7 Å². The van der Waals surface area contributed by atoms with Crippen LogP contribution in [0.3, 0.4) is 0 Å². The minimum atomic E-state index is 0.529. The summed E-state index contributed by atoms with van der Waals surface area (Å²) in [7, 11) is 0. The third-order valence-corrected chi connectivity index (χ3v) is 5.83. The van der Waals surface area contributed by atoms with Crippen LogP contribution in [0.2, 0.25) is 0 Å². The van der Waals surface area contributed by atoms with Crippen LogP contribution in [0.15, 0.2) is 53.2 Å². The number of anilines is 3. The van der Waals surface area contributed by atoms with Gasteiger partial charge in [-0.3, -0.25) is 0 Å². The maximum Gasteiger partial charge on any atom is 0.227 e. The largest absolute Gasteiger partial charge is 0.441 e. The van der Waals surface area contributed by atoms with Crippen LogP contribution in [0.4, 0.5) is 17.5 Å². The van der Waals surface area contributed by atoms with Crippen LogP contribution < -0.4 is 10.2 Å². The van der Waals surface area contributed by atoms with Gasteiger partial charge in [0.1, 0.15) is 11.3 Å². The van der Waals surface area contributed by atoms with E-state index in [0.29, 0.717) is 5.95 Å². The van der Waals surface area contributed by atoms with Gasteiger partial charge in [0.05, 0.1) is 5.69 Å². The molecule has 0 aliphatic carbocycles. The molecule has 1 aromatic carbocycles. The van der Waals surface area contributed by atoms with Crippen molar-refractivity contribution in [3.63, 3.8) is 0 Å². The van der Waals surface area contributed by atoms with E-state index in [-0.39, 0.29) is 0 Å². The number of rotatable bonds is 6. The quantitative estimate of drug-likeness (QED) is 0.490. The first kappa shape index (κ1) is 20.4. The second-order valence-electron chi connectivity index (χ2n) is 7.86. The highest BCUT2D eigenvalue weighted by molar-refractivity contribution is 5.78. The smallest absolute Gasteiger partial charge is 0.227 e. The molecule has 0 spiro atoms. The van der Waals surface area contributed by atoms with Crippen molar-refractivity contribution in [2.75, 3.05) is 42.9 Å². The lowest BCUT2D eigenvalue weighted by atomic mass is 10.2. The van der Waals surface area contributed by atoms with Crippen molar-refractivity contribution in [3.8, 4) is 11.3 Å². The zero-order valence-corrected chi connectivity index (χ0v) is 18.5. The number of fused-ring (bicyclic) bond motifs is 1. The van der Waals surface area contributed by atoms with Crippen molar-refractivity contribution >= 4 is 28.6 Å². The highest BCUT2D eigenvalue weighted by Gasteiger charge is 2.16. The van der Waals surface area contributed by atoms with Gasteiger partial charge in [-0.05, 0) is 42.9 Å². The summed E-state index contributed by atoms with van der Waals surface area (Å²) >= 11 is 0.